The fraction of sp³-hybridized carbons (Fsp3) is 0.571. The molecule has 26 heavy (non-hydrogen) atoms. The van der Waals surface area contributed by atoms with Crippen molar-refractivity contribution >= 4 is 17.4 Å². The number of aromatic nitrogens is 2. The first kappa shape index (κ1) is 17.9. The van der Waals surface area contributed by atoms with Crippen LogP contribution in [0.2, 0.25) is 5.02 Å². The van der Waals surface area contributed by atoms with E-state index in [1.54, 1.807) is 0 Å². The molecule has 0 bridgehead atoms. The highest BCUT2D eigenvalue weighted by Gasteiger charge is 2.31. The number of benzene rings is 1. The zero-order chi connectivity index (χ0) is 18.1. The van der Waals surface area contributed by atoms with Crippen LogP contribution >= 0.6 is 11.6 Å². The van der Waals surface area contributed by atoms with Gasteiger partial charge in [0.2, 0.25) is 0 Å². The standard InChI is InChI=1S/C21H29ClN4/c1-3-25-13-7-5-9-18(25)20-17-8-4-6-12-23-21(17)26(24-20)19-14-16(22)11-10-15(19)2/h10-11,14,18,23H,3-9,12-13H2,1-2H3. The molecule has 1 aromatic heterocycles. The van der Waals surface area contributed by atoms with Gasteiger partial charge in [0.15, 0.2) is 0 Å². The first-order valence-corrected chi connectivity index (χ1v) is 10.4. The lowest BCUT2D eigenvalue weighted by Crippen LogP contribution is -2.34. The maximum absolute atomic E-state index is 6.31. The number of anilines is 1. The van der Waals surface area contributed by atoms with E-state index in [0.29, 0.717) is 6.04 Å². The number of hydrogen-bond donors (Lipinski definition) is 1. The van der Waals surface area contributed by atoms with Gasteiger partial charge in [-0.05, 0) is 69.8 Å². The molecule has 4 nitrogen and oxygen atoms in total. The maximum Gasteiger partial charge on any atom is 0.133 e. The van der Waals surface area contributed by atoms with Crippen LogP contribution in [-0.2, 0) is 6.42 Å². The number of fused-ring (bicyclic) bond motifs is 1. The van der Waals surface area contributed by atoms with Gasteiger partial charge in [-0.25, -0.2) is 4.68 Å². The van der Waals surface area contributed by atoms with Crippen molar-refractivity contribution in [3.8, 4) is 5.69 Å². The molecule has 1 N–H and O–H groups in total. The van der Waals surface area contributed by atoms with E-state index in [1.165, 1.54) is 61.3 Å². The normalized spacial score (nSPS) is 21.1. The van der Waals surface area contributed by atoms with Gasteiger partial charge in [0.05, 0.1) is 17.4 Å². The van der Waals surface area contributed by atoms with Gasteiger partial charge in [0.1, 0.15) is 5.82 Å². The fourth-order valence-corrected chi connectivity index (χ4v) is 4.63. The molecule has 3 heterocycles. The summed E-state index contributed by atoms with van der Waals surface area (Å²) in [7, 11) is 0. The van der Waals surface area contributed by atoms with Gasteiger partial charge < -0.3 is 5.32 Å². The lowest BCUT2D eigenvalue weighted by molar-refractivity contribution is 0.152. The van der Waals surface area contributed by atoms with Gasteiger partial charge in [-0.3, -0.25) is 4.90 Å². The van der Waals surface area contributed by atoms with Crippen LogP contribution in [0, 0.1) is 6.92 Å². The van der Waals surface area contributed by atoms with Crippen LogP contribution < -0.4 is 5.32 Å². The highest BCUT2D eigenvalue weighted by atomic mass is 35.5. The Hall–Kier alpha value is -1.52. The summed E-state index contributed by atoms with van der Waals surface area (Å²) in [6, 6.07) is 6.53. The van der Waals surface area contributed by atoms with Gasteiger partial charge >= 0.3 is 0 Å². The predicted molar refractivity (Wildman–Crippen MR) is 109 cm³/mol. The van der Waals surface area contributed by atoms with Crippen LogP contribution in [0.5, 0.6) is 0 Å². The Morgan fingerprint density at radius 2 is 2.12 bits per heavy atom. The van der Waals surface area contributed by atoms with Crippen LogP contribution in [0.3, 0.4) is 0 Å². The van der Waals surface area contributed by atoms with Crippen molar-refractivity contribution in [1.29, 1.82) is 0 Å². The number of hydrogen-bond acceptors (Lipinski definition) is 3. The summed E-state index contributed by atoms with van der Waals surface area (Å²) in [6.45, 7) is 7.70. The molecule has 2 aliphatic heterocycles. The topological polar surface area (TPSA) is 33.1 Å². The maximum atomic E-state index is 6.31. The number of nitrogens with one attached hydrogen (secondary N) is 1. The van der Waals surface area contributed by atoms with E-state index < -0.39 is 0 Å². The third-order valence-corrected chi connectivity index (χ3v) is 6.13. The van der Waals surface area contributed by atoms with E-state index in [2.05, 4.69) is 34.8 Å². The zero-order valence-electron chi connectivity index (χ0n) is 15.9. The monoisotopic (exact) mass is 372 g/mol. The number of likely N-dealkylation sites (tertiary alicyclic amines) is 1. The van der Waals surface area contributed by atoms with Crippen molar-refractivity contribution in [2.75, 3.05) is 25.0 Å². The van der Waals surface area contributed by atoms with Crippen molar-refractivity contribution < 1.29 is 0 Å². The molecule has 0 spiro atoms. The Kier molecular flexibility index (Phi) is 5.23. The highest BCUT2D eigenvalue weighted by molar-refractivity contribution is 6.30. The van der Waals surface area contributed by atoms with Gasteiger partial charge in [-0.15, -0.1) is 0 Å². The fourth-order valence-electron chi connectivity index (χ4n) is 4.46. The summed E-state index contributed by atoms with van der Waals surface area (Å²) in [6.07, 6.45) is 7.37. The minimum absolute atomic E-state index is 0.447. The van der Waals surface area contributed by atoms with Gasteiger partial charge in [0, 0.05) is 17.1 Å². The van der Waals surface area contributed by atoms with Crippen LogP contribution in [0.15, 0.2) is 18.2 Å². The largest absolute Gasteiger partial charge is 0.370 e. The van der Waals surface area contributed by atoms with E-state index in [1.807, 2.05) is 12.1 Å². The quantitative estimate of drug-likeness (QED) is 0.810. The molecule has 0 amide bonds. The van der Waals surface area contributed by atoms with E-state index >= 15 is 0 Å². The van der Waals surface area contributed by atoms with Gasteiger partial charge in [-0.2, -0.15) is 5.10 Å². The first-order valence-electron chi connectivity index (χ1n) is 10.0. The van der Waals surface area contributed by atoms with Crippen molar-refractivity contribution in [1.82, 2.24) is 14.7 Å². The molecule has 1 saturated heterocycles. The van der Waals surface area contributed by atoms with Crippen LogP contribution in [-0.4, -0.2) is 34.3 Å². The lowest BCUT2D eigenvalue weighted by atomic mass is 9.95. The molecule has 5 heteroatoms. The average molecular weight is 373 g/mol. The Morgan fingerprint density at radius 3 is 2.96 bits per heavy atom. The molecular formula is C21H29ClN4. The zero-order valence-corrected chi connectivity index (χ0v) is 16.6. The van der Waals surface area contributed by atoms with Gasteiger partial charge in [-0.1, -0.05) is 31.0 Å². The molecule has 1 fully saturated rings. The highest BCUT2D eigenvalue weighted by Crippen LogP contribution is 2.38. The van der Waals surface area contributed by atoms with Crippen LogP contribution in [0.4, 0.5) is 5.82 Å². The Labute approximate surface area is 161 Å². The third-order valence-electron chi connectivity index (χ3n) is 5.90. The van der Waals surface area contributed by atoms with E-state index in [-0.39, 0.29) is 0 Å². The van der Waals surface area contributed by atoms with E-state index in [0.717, 1.165) is 30.2 Å². The second kappa shape index (κ2) is 7.61. The molecule has 4 rings (SSSR count). The Morgan fingerprint density at radius 1 is 1.23 bits per heavy atom. The molecule has 0 radical (unpaired) electrons. The van der Waals surface area contributed by atoms with E-state index in [4.69, 9.17) is 16.7 Å². The van der Waals surface area contributed by atoms with Crippen LogP contribution in [0.25, 0.3) is 5.69 Å². The number of nitrogens with zero attached hydrogens (tertiary/aromatic N) is 3. The molecule has 2 aliphatic rings. The smallest absolute Gasteiger partial charge is 0.133 e. The second-order valence-corrected chi connectivity index (χ2v) is 8.02. The molecular weight excluding hydrogens is 344 g/mol. The van der Waals surface area contributed by atoms with Gasteiger partial charge in [0.25, 0.3) is 0 Å². The minimum atomic E-state index is 0.447. The molecule has 1 unspecified atom stereocenters. The molecule has 140 valence electrons. The summed E-state index contributed by atoms with van der Waals surface area (Å²) < 4.78 is 2.12. The molecule has 0 saturated carbocycles. The number of piperidine rings is 1. The minimum Gasteiger partial charge on any atom is -0.370 e. The molecule has 2 aromatic rings. The van der Waals surface area contributed by atoms with Crippen molar-refractivity contribution in [2.24, 2.45) is 0 Å². The van der Waals surface area contributed by atoms with Crippen molar-refractivity contribution in [3.63, 3.8) is 0 Å². The number of rotatable bonds is 3. The predicted octanol–water partition coefficient (Wildman–Crippen LogP) is 5.13. The molecule has 1 atom stereocenters. The Balaban J connectivity index is 1.85. The van der Waals surface area contributed by atoms with Crippen LogP contribution in [0.1, 0.15) is 61.9 Å². The SMILES string of the molecule is CCN1CCCCC1c1nn(-c2cc(Cl)ccc2C)c2c1CCCCN2. The summed E-state index contributed by atoms with van der Waals surface area (Å²) in [5, 5.41) is 9.61. The third kappa shape index (κ3) is 3.25. The summed E-state index contributed by atoms with van der Waals surface area (Å²) in [5.74, 6) is 1.18. The van der Waals surface area contributed by atoms with Crippen molar-refractivity contribution in [3.05, 3.63) is 40.0 Å². The van der Waals surface area contributed by atoms with E-state index in [9.17, 15) is 0 Å². The van der Waals surface area contributed by atoms with Crippen molar-refractivity contribution in [2.45, 2.75) is 58.4 Å². The molecule has 0 aliphatic carbocycles. The number of halogens is 1. The summed E-state index contributed by atoms with van der Waals surface area (Å²) >= 11 is 6.31. The molecule has 1 aromatic carbocycles. The second-order valence-electron chi connectivity index (χ2n) is 7.58. The lowest BCUT2D eigenvalue weighted by Gasteiger charge is -2.34. The number of aryl methyl sites for hydroxylation is 1. The summed E-state index contributed by atoms with van der Waals surface area (Å²) in [5.41, 5.74) is 5.00. The Bertz CT molecular complexity index is 783. The average Bonchev–Trinajstić information content (AvgIpc) is 2.84. The summed E-state index contributed by atoms with van der Waals surface area (Å²) in [4.78, 5) is 2.60. The first-order chi connectivity index (χ1) is 12.7.